The number of carbonyl (C=O) groups is 3. The van der Waals surface area contributed by atoms with Crippen LogP contribution in [0, 0.1) is 24.7 Å². The Bertz CT molecular complexity index is 776. The van der Waals surface area contributed by atoms with E-state index in [9.17, 15) is 14.4 Å². The molecule has 1 saturated heterocycles. The Labute approximate surface area is 166 Å². The summed E-state index contributed by atoms with van der Waals surface area (Å²) in [5.41, 5.74) is 1.83. The third-order valence-corrected chi connectivity index (χ3v) is 6.51. The average Bonchev–Trinajstić information content (AvgIpc) is 3.06. The lowest BCUT2D eigenvalue weighted by molar-refractivity contribution is -0.131. The number of likely N-dealkylation sites (tertiary alicyclic amines) is 1. The van der Waals surface area contributed by atoms with Gasteiger partial charge in [-0.2, -0.15) is 0 Å². The van der Waals surface area contributed by atoms with Crippen LogP contribution in [0.2, 0.25) is 0 Å². The number of methoxy groups -OCH3 is 1. The molecule has 1 aromatic carbocycles. The molecule has 0 spiro atoms. The largest absolute Gasteiger partial charge is 0.465 e. The molecular formula is C22H30N2O4. The number of rotatable bonds is 4. The number of anilines is 1. The first-order valence-electron chi connectivity index (χ1n) is 10.1. The predicted molar refractivity (Wildman–Crippen MR) is 107 cm³/mol. The van der Waals surface area contributed by atoms with Gasteiger partial charge in [-0.3, -0.25) is 9.59 Å². The monoisotopic (exact) mass is 386 g/mol. The maximum absolute atomic E-state index is 12.8. The van der Waals surface area contributed by atoms with E-state index in [1.807, 2.05) is 11.8 Å². The van der Waals surface area contributed by atoms with Gasteiger partial charge in [-0.1, -0.05) is 32.8 Å². The fraction of sp³-hybridized carbons (Fsp3) is 0.591. The van der Waals surface area contributed by atoms with Crippen LogP contribution < -0.4 is 5.32 Å². The molecule has 4 atom stereocenters. The minimum absolute atomic E-state index is 0.0751. The second-order valence-corrected chi connectivity index (χ2v) is 8.29. The van der Waals surface area contributed by atoms with Crippen molar-refractivity contribution in [3.8, 4) is 0 Å². The number of hydrogen-bond donors (Lipinski definition) is 1. The molecule has 3 rings (SSSR count). The van der Waals surface area contributed by atoms with Crippen LogP contribution in [0.3, 0.4) is 0 Å². The molecule has 2 fully saturated rings. The smallest absolute Gasteiger partial charge is 0.337 e. The van der Waals surface area contributed by atoms with Crippen molar-refractivity contribution in [2.45, 2.75) is 52.5 Å². The zero-order valence-electron chi connectivity index (χ0n) is 17.2. The first-order chi connectivity index (χ1) is 13.3. The van der Waals surface area contributed by atoms with E-state index in [1.54, 1.807) is 18.2 Å². The Hall–Kier alpha value is -2.37. The van der Waals surface area contributed by atoms with E-state index in [0.717, 1.165) is 18.4 Å². The highest BCUT2D eigenvalue weighted by Crippen LogP contribution is 2.36. The molecule has 1 aliphatic carbocycles. The van der Waals surface area contributed by atoms with Crippen LogP contribution in [-0.4, -0.2) is 42.4 Å². The summed E-state index contributed by atoms with van der Waals surface area (Å²) in [7, 11) is 1.33. The molecule has 6 heteroatoms. The second kappa shape index (κ2) is 8.33. The lowest BCUT2D eigenvalue weighted by Crippen LogP contribution is -2.45. The molecule has 2 amide bonds. The standard InChI is InChI=1S/C22H30N2O4/c1-13-6-5-7-19(15(13)3)24-12-17(11-20(24)25)21(26)23-18-10-16(22(27)28-4)9-8-14(18)2/h8-10,13,15,17,19H,5-7,11-12H2,1-4H3,(H,23,26)/t13-,15-,17-,19+/m0/s1. The van der Waals surface area contributed by atoms with Gasteiger partial charge >= 0.3 is 5.97 Å². The number of hydrogen-bond acceptors (Lipinski definition) is 4. The van der Waals surface area contributed by atoms with Crippen LogP contribution in [0.1, 0.15) is 55.5 Å². The molecule has 2 aliphatic rings. The molecule has 1 heterocycles. The highest BCUT2D eigenvalue weighted by Gasteiger charge is 2.41. The van der Waals surface area contributed by atoms with Gasteiger partial charge in [0, 0.05) is 24.7 Å². The van der Waals surface area contributed by atoms with Crippen molar-refractivity contribution >= 4 is 23.5 Å². The quantitative estimate of drug-likeness (QED) is 0.805. The van der Waals surface area contributed by atoms with Crippen LogP contribution in [0.5, 0.6) is 0 Å². The topological polar surface area (TPSA) is 75.7 Å². The Balaban J connectivity index is 1.69. The number of benzene rings is 1. The summed E-state index contributed by atoms with van der Waals surface area (Å²) in [6.07, 6.45) is 3.61. The minimum Gasteiger partial charge on any atom is -0.465 e. The van der Waals surface area contributed by atoms with Crippen molar-refractivity contribution in [3.63, 3.8) is 0 Å². The molecular weight excluding hydrogens is 356 g/mol. The van der Waals surface area contributed by atoms with E-state index in [1.165, 1.54) is 13.5 Å². The molecule has 152 valence electrons. The van der Waals surface area contributed by atoms with Crippen LogP contribution >= 0.6 is 0 Å². The molecule has 0 radical (unpaired) electrons. The third-order valence-electron chi connectivity index (χ3n) is 6.51. The van der Waals surface area contributed by atoms with Crippen LogP contribution in [0.15, 0.2) is 18.2 Å². The number of aryl methyl sites for hydroxylation is 1. The SMILES string of the molecule is COC(=O)c1ccc(C)c(NC(=O)[C@H]2CC(=O)N([C@@H]3CCC[C@H](C)[C@@H]3C)C2)c1. The van der Waals surface area contributed by atoms with Gasteiger partial charge in [-0.05, 0) is 42.9 Å². The fourth-order valence-corrected chi connectivity index (χ4v) is 4.46. The molecule has 1 saturated carbocycles. The number of carbonyl (C=O) groups excluding carboxylic acids is 3. The van der Waals surface area contributed by atoms with Crippen LogP contribution in [0.25, 0.3) is 0 Å². The first kappa shape index (κ1) is 20.4. The Morgan fingerprint density at radius 2 is 1.96 bits per heavy atom. The van der Waals surface area contributed by atoms with Crippen molar-refractivity contribution in [1.82, 2.24) is 4.90 Å². The number of nitrogens with zero attached hydrogens (tertiary/aromatic N) is 1. The molecule has 1 N–H and O–H groups in total. The van der Waals surface area contributed by atoms with Gasteiger partial charge in [0.2, 0.25) is 11.8 Å². The van der Waals surface area contributed by atoms with Crippen molar-refractivity contribution in [2.75, 3.05) is 19.0 Å². The molecule has 1 aliphatic heterocycles. The Morgan fingerprint density at radius 3 is 2.68 bits per heavy atom. The van der Waals surface area contributed by atoms with Crippen molar-refractivity contribution in [2.24, 2.45) is 17.8 Å². The number of nitrogens with one attached hydrogen (secondary N) is 1. The van der Waals surface area contributed by atoms with Gasteiger partial charge in [0.05, 0.1) is 18.6 Å². The number of ether oxygens (including phenoxy) is 1. The molecule has 0 unspecified atom stereocenters. The molecule has 0 bridgehead atoms. The summed E-state index contributed by atoms with van der Waals surface area (Å²) in [5.74, 6) is 0.154. The maximum atomic E-state index is 12.8. The van der Waals surface area contributed by atoms with E-state index in [0.29, 0.717) is 29.6 Å². The van der Waals surface area contributed by atoms with Crippen LogP contribution in [0.4, 0.5) is 5.69 Å². The predicted octanol–water partition coefficient (Wildman–Crippen LogP) is 3.39. The lowest BCUT2D eigenvalue weighted by Gasteiger charge is -2.40. The zero-order chi connectivity index (χ0) is 20.4. The summed E-state index contributed by atoms with van der Waals surface area (Å²) >= 11 is 0. The molecule has 1 aromatic rings. The van der Waals surface area contributed by atoms with E-state index >= 15 is 0 Å². The molecule has 6 nitrogen and oxygen atoms in total. The molecule has 28 heavy (non-hydrogen) atoms. The highest BCUT2D eigenvalue weighted by molar-refractivity contribution is 5.99. The highest BCUT2D eigenvalue weighted by atomic mass is 16.5. The maximum Gasteiger partial charge on any atom is 0.337 e. The Morgan fingerprint density at radius 1 is 1.21 bits per heavy atom. The third kappa shape index (κ3) is 4.05. The molecule has 0 aromatic heterocycles. The Kier molecular flexibility index (Phi) is 6.06. The van der Waals surface area contributed by atoms with Crippen molar-refractivity contribution < 1.29 is 19.1 Å². The van der Waals surface area contributed by atoms with Crippen molar-refractivity contribution in [1.29, 1.82) is 0 Å². The van der Waals surface area contributed by atoms with E-state index in [4.69, 9.17) is 4.74 Å². The summed E-state index contributed by atoms with van der Waals surface area (Å²) in [6, 6.07) is 5.30. The summed E-state index contributed by atoms with van der Waals surface area (Å²) < 4.78 is 4.75. The van der Waals surface area contributed by atoms with Gasteiger partial charge in [0.15, 0.2) is 0 Å². The van der Waals surface area contributed by atoms with E-state index < -0.39 is 5.97 Å². The van der Waals surface area contributed by atoms with Gasteiger partial charge < -0.3 is 15.0 Å². The normalized spacial score (nSPS) is 27.6. The van der Waals surface area contributed by atoms with Crippen LogP contribution in [-0.2, 0) is 14.3 Å². The summed E-state index contributed by atoms with van der Waals surface area (Å²) in [6.45, 7) is 6.81. The van der Waals surface area contributed by atoms with Crippen molar-refractivity contribution in [3.05, 3.63) is 29.3 Å². The number of amides is 2. The van der Waals surface area contributed by atoms with Gasteiger partial charge in [0.1, 0.15) is 0 Å². The second-order valence-electron chi connectivity index (χ2n) is 8.29. The average molecular weight is 386 g/mol. The number of esters is 1. The van der Waals surface area contributed by atoms with E-state index in [-0.39, 0.29) is 30.2 Å². The fourth-order valence-electron chi connectivity index (χ4n) is 4.46. The lowest BCUT2D eigenvalue weighted by atomic mass is 9.77. The van der Waals surface area contributed by atoms with Gasteiger partial charge in [-0.15, -0.1) is 0 Å². The van der Waals surface area contributed by atoms with Gasteiger partial charge in [0.25, 0.3) is 0 Å². The van der Waals surface area contributed by atoms with E-state index in [2.05, 4.69) is 19.2 Å². The summed E-state index contributed by atoms with van der Waals surface area (Å²) in [5, 5.41) is 2.91. The van der Waals surface area contributed by atoms with Gasteiger partial charge in [-0.25, -0.2) is 4.79 Å². The first-order valence-corrected chi connectivity index (χ1v) is 10.1. The zero-order valence-corrected chi connectivity index (χ0v) is 17.2. The summed E-state index contributed by atoms with van der Waals surface area (Å²) in [4.78, 5) is 39.1. The minimum atomic E-state index is -0.446.